The second-order valence-electron chi connectivity index (χ2n) is 5.57. The number of aryl methyl sites for hydroxylation is 1. The number of benzene rings is 1. The number of sulfone groups is 1. The van der Waals surface area contributed by atoms with Crippen molar-refractivity contribution in [1.82, 2.24) is 0 Å². The number of amidine groups is 1. The molecule has 1 amide bonds. The fourth-order valence-corrected chi connectivity index (χ4v) is 6.98. The third-order valence-corrected chi connectivity index (χ3v) is 7.16. The number of anilines is 1. The quantitative estimate of drug-likeness (QED) is 0.823. The summed E-state index contributed by atoms with van der Waals surface area (Å²) in [6.07, 6.45) is 0.842. The molecule has 2 saturated heterocycles. The first-order valence-corrected chi connectivity index (χ1v) is 9.95. The average Bonchev–Trinajstić information content (AvgIpc) is 2.89. The fourth-order valence-electron chi connectivity index (χ4n) is 3.03. The van der Waals surface area contributed by atoms with Crippen molar-refractivity contribution in [2.45, 2.75) is 31.6 Å². The van der Waals surface area contributed by atoms with Gasteiger partial charge < -0.3 is 4.90 Å². The lowest BCUT2D eigenvalue weighted by Gasteiger charge is -2.26. The van der Waals surface area contributed by atoms with E-state index in [9.17, 15) is 13.2 Å². The van der Waals surface area contributed by atoms with Crippen LogP contribution in [0.15, 0.2) is 29.3 Å². The molecule has 2 aliphatic rings. The molecule has 1 aromatic carbocycles. The van der Waals surface area contributed by atoms with Gasteiger partial charge in [0.1, 0.15) is 0 Å². The number of carbonyl (C=O) groups excluding carboxylic acids is 1. The molecule has 2 heterocycles. The Morgan fingerprint density at radius 3 is 2.77 bits per heavy atom. The van der Waals surface area contributed by atoms with E-state index < -0.39 is 9.84 Å². The number of thioether (sulfide) groups is 1. The highest BCUT2D eigenvalue weighted by molar-refractivity contribution is 8.16. The van der Waals surface area contributed by atoms with Crippen molar-refractivity contribution in [1.29, 1.82) is 0 Å². The largest absolute Gasteiger partial charge is 0.315 e. The van der Waals surface area contributed by atoms with Crippen molar-refractivity contribution in [3.63, 3.8) is 0 Å². The minimum Gasteiger partial charge on any atom is -0.315 e. The summed E-state index contributed by atoms with van der Waals surface area (Å²) in [4.78, 5) is 17.5. The maximum Gasteiger partial charge on any atom is 0.244 e. The number of nitrogens with zero attached hydrogens (tertiary/aromatic N) is 2. The topological polar surface area (TPSA) is 66.8 Å². The first-order valence-electron chi connectivity index (χ1n) is 7.25. The molecular formula is C15H18N2O3S2. The number of fused-ring (bicyclic) bond motifs is 1. The van der Waals surface area contributed by atoms with E-state index in [-0.39, 0.29) is 28.7 Å². The van der Waals surface area contributed by atoms with Crippen molar-refractivity contribution in [2.75, 3.05) is 16.4 Å². The van der Waals surface area contributed by atoms with Crippen molar-refractivity contribution in [3.05, 3.63) is 29.8 Å². The van der Waals surface area contributed by atoms with Crippen molar-refractivity contribution in [2.24, 2.45) is 4.99 Å². The van der Waals surface area contributed by atoms with Crippen LogP contribution in [0.4, 0.5) is 5.69 Å². The van der Waals surface area contributed by atoms with E-state index in [0.717, 1.165) is 17.7 Å². The lowest BCUT2D eigenvalue weighted by Crippen LogP contribution is -2.38. The van der Waals surface area contributed by atoms with E-state index in [0.29, 0.717) is 5.17 Å². The van der Waals surface area contributed by atoms with E-state index in [1.165, 1.54) is 18.7 Å². The predicted octanol–water partition coefficient (Wildman–Crippen LogP) is 1.87. The normalized spacial score (nSPS) is 28.1. The second kappa shape index (κ2) is 5.70. The molecule has 0 N–H and O–H groups in total. The number of rotatable bonds is 2. The summed E-state index contributed by atoms with van der Waals surface area (Å²) in [6.45, 7) is 3.48. The minimum absolute atomic E-state index is 0.0481. The first kappa shape index (κ1) is 15.6. The van der Waals surface area contributed by atoms with Crippen LogP contribution in [0.2, 0.25) is 0 Å². The molecule has 2 aliphatic heterocycles. The van der Waals surface area contributed by atoms with Gasteiger partial charge in [0.15, 0.2) is 15.0 Å². The van der Waals surface area contributed by atoms with E-state index in [4.69, 9.17) is 0 Å². The van der Waals surface area contributed by atoms with Gasteiger partial charge >= 0.3 is 0 Å². The third kappa shape index (κ3) is 2.79. The van der Waals surface area contributed by atoms with Crippen LogP contribution >= 0.6 is 11.8 Å². The Balaban J connectivity index is 2.08. The molecule has 0 radical (unpaired) electrons. The molecular weight excluding hydrogens is 320 g/mol. The minimum atomic E-state index is -3.02. The summed E-state index contributed by atoms with van der Waals surface area (Å²) in [5, 5.41) is 0.575. The van der Waals surface area contributed by atoms with Gasteiger partial charge in [-0.1, -0.05) is 36.9 Å². The van der Waals surface area contributed by atoms with E-state index in [2.05, 4.69) is 11.9 Å². The lowest BCUT2D eigenvalue weighted by molar-refractivity contribution is -0.115. The second-order valence-corrected chi connectivity index (χ2v) is 8.93. The summed E-state index contributed by atoms with van der Waals surface area (Å²) < 4.78 is 23.9. The Kier molecular flexibility index (Phi) is 4.03. The van der Waals surface area contributed by atoms with Gasteiger partial charge in [0.25, 0.3) is 0 Å². The number of amides is 1. The zero-order chi connectivity index (χ0) is 15.9. The first-order chi connectivity index (χ1) is 10.4. The molecule has 1 aromatic rings. The van der Waals surface area contributed by atoms with Crippen LogP contribution in [0.25, 0.3) is 0 Å². The van der Waals surface area contributed by atoms with Gasteiger partial charge in [-0.05, 0) is 18.1 Å². The zero-order valence-electron chi connectivity index (χ0n) is 12.5. The highest BCUT2D eigenvalue weighted by Gasteiger charge is 2.49. The molecule has 0 aliphatic carbocycles. The Hall–Kier alpha value is -1.34. The summed E-state index contributed by atoms with van der Waals surface area (Å²) in [7, 11) is -3.02. The Morgan fingerprint density at radius 2 is 2.09 bits per heavy atom. The van der Waals surface area contributed by atoms with Crippen LogP contribution in [0, 0.1) is 0 Å². The molecule has 0 unspecified atom stereocenters. The number of hydrogen-bond donors (Lipinski definition) is 0. The monoisotopic (exact) mass is 338 g/mol. The summed E-state index contributed by atoms with van der Waals surface area (Å²) in [5.41, 5.74) is 2.09. The standard InChI is InChI=1S/C15H18N2O3S2/c1-3-11-6-4-5-7-12(11)17-13-8-22(19,20)9-14(13)21-15(17)16-10(2)18/h4-7,13-14H,3,8-9H2,1-2H3/t13-,14-/m0/s1. The highest BCUT2D eigenvalue weighted by atomic mass is 32.2. The van der Waals surface area contributed by atoms with Crippen LogP contribution in [0.3, 0.4) is 0 Å². The highest BCUT2D eigenvalue weighted by Crippen LogP contribution is 2.42. The molecule has 0 aromatic heterocycles. The van der Waals surface area contributed by atoms with E-state index in [1.807, 2.05) is 29.2 Å². The van der Waals surface area contributed by atoms with Crippen LogP contribution < -0.4 is 4.90 Å². The molecule has 2 fully saturated rings. The third-order valence-electron chi connectivity index (χ3n) is 3.95. The van der Waals surface area contributed by atoms with Crippen molar-refractivity contribution < 1.29 is 13.2 Å². The van der Waals surface area contributed by atoms with Gasteiger partial charge in [0.05, 0.1) is 17.5 Å². The smallest absolute Gasteiger partial charge is 0.244 e. The number of para-hydroxylation sites is 1. The zero-order valence-corrected chi connectivity index (χ0v) is 14.2. The SMILES string of the molecule is CCc1ccccc1N1C(=NC(C)=O)S[C@H]2CS(=O)(=O)C[C@@H]21. The molecule has 0 spiro atoms. The van der Waals surface area contributed by atoms with Crippen molar-refractivity contribution >= 4 is 38.4 Å². The summed E-state index contributed by atoms with van der Waals surface area (Å²) >= 11 is 1.41. The van der Waals surface area contributed by atoms with E-state index >= 15 is 0 Å². The molecule has 2 atom stereocenters. The molecule has 0 saturated carbocycles. The van der Waals surface area contributed by atoms with Gasteiger partial charge in [-0.25, -0.2) is 8.42 Å². The van der Waals surface area contributed by atoms with Gasteiger partial charge in [-0.15, -0.1) is 0 Å². The lowest BCUT2D eigenvalue weighted by atomic mass is 10.1. The molecule has 3 rings (SSSR count). The van der Waals surface area contributed by atoms with Gasteiger partial charge in [0.2, 0.25) is 5.91 Å². The van der Waals surface area contributed by atoms with Gasteiger partial charge in [0, 0.05) is 17.9 Å². The summed E-state index contributed by atoms with van der Waals surface area (Å²) in [6, 6.07) is 7.77. The molecule has 118 valence electrons. The van der Waals surface area contributed by atoms with Crippen LogP contribution in [-0.2, 0) is 21.1 Å². The maximum absolute atomic E-state index is 12.0. The summed E-state index contributed by atoms with van der Waals surface area (Å²) in [5.74, 6) is 0.0215. The number of aliphatic imine (C=N–C) groups is 1. The van der Waals surface area contributed by atoms with Gasteiger partial charge in [-0.3, -0.25) is 4.79 Å². The van der Waals surface area contributed by atoms with Crippen molar-refractivity contribution in [3.8, 4) is 0 Å². The van der Waals surface area contributed by atoms with Crippen LogP contribution in [0.1, 0.15) is 19.4 Å². The Labute approximate surface area is 134 Å². The average molecular weight is 338 g/mol. The van der Waals surface area contributed by atoms with E-state index in [1.54, 1.807) is 0 Å². The number of carbonyl (C=O) groups is 1. The molecule has 0 bridgehead atoms. The van der Waals surface area contributed by atoms with Crippen LogP contribution in [0.5, 0.6) is 0 Å². The van der Waals surface area contributed by atoms with Crippen LogP contribution in [-0.4, -0.2) is 42.3 Å². The van der Waals surface area contributed by atoms with Gasteiger partial charge in [-0.2, -0.15) is 4.99 Å². The fraction of sp³-hybridized carbons (Fsp3) is 0.467. The number of hydrogen-bond acceptors (Lipinski definition) is 4. The molecule has 7 heteroatoms. The maximum atomic E-state index is 12.0. The Bertz CT molecular complexity index is 743. The predicted molar refractivity (Wildman–Crippen MR) is 90.2 cm³/mol. The Morgan fingerprint density at radius 1 is 1.36 bits per heavy atom. The molecule has 5 nitrogen and oxygen atoms in total. The molecule has 22 heavy (non-hydrogen) atoms.